The van der Waals surface area contributed by atoms with Gasteiger partial charge in [-0.3, -0.25) is 4.79 Å². The smallest absolute Gasteiger partial charge is 0.305 e. The number of carbonyl (C=O) groups is 1. The van der Waals surface area contributed by atoms with Crippen LogP contribution in [0.2, 0.25) is 0 Å². The van der Waals surface area contributed by atoms with E-state index in [-0.39, 0.29) is 18.4 Å². The first-order chi connectivity index (χ1) is 9.40. The number of tetrazole rings is 1. The monoisotopic (exact) mass is 422 g/mol. The lowest BCUT2D eigenvalue weighted by Gasteiger charge is -2.19. The summed E-state index contributed by atoms with van der Waals surface area (Å²) in [4.78, 5) is 11.0. The standard InChI is InChI=1S/C11H12Br2N4O2S/c1-5(2)7(4-9(18)19)17-11(14-15-16-17)6-3-8(12)20-10(6)13/h3,5,7H,4H2,1-2H3,(H,18,19). The highest BCUT2D eigenvalue weighted by Crippen LogP contribution is 2.38. The Hall–Kier alpha value is -0.800. The fraction of sp³-hybridized carbons (Fsp3) is 0.455. The quantitative estimate of drug-likeness (QED) is 0.794. The molecule has 2 rings (SSSR count). The molecule has 20 heavy (non-hydrogen) atoms. The van der Waals surface area contributed by atoms with Gasteiger partial charge in [0.2, 0.25) is 0 Å². The van der Waals surface area contributed by atoms with Gasteiger partial charge in [-0.25, -0.2) is 4.68 Å². The molecule has 6 nitrogen and oxygen atoms in total. The summed E-state index contributed by atoms with van der Waals surface area (Å²) in [7, 11) is 0. The molecular weight excluding hydrogens is 412 g/mol. The predicted molar refractivity (Wildman–Crippen MR) is 82.7 cm³/mol. The van der Waals surface area contributed by atoms with E-state index in [4.69, 9.17) is 5.11 Å². The van der Waals surface area contributed by atoms with Gasteiger partial charge in [-0.2, -0.15) is 0 Å². The number of carboxylic acid groups (broad SMARTS) is 1. The lowest BCUT2D eigenvalue weighted by molar-refractivity contribution is -0.138. The van der Waals surface area contributed by atoms with Crippen molar-refractivity contribution in [3.8, 4) is 11.4 Å². The highest BCUT2D eigenvalue weighted by atomic mass is 79.9. The summed E-state index contributed by atoms with van der Waals surface area (Å²) < 4.78 is 3.45. The molecule has 0 aliphatic heterocycles. The molecule has 108 valence electrons. The van der Waals surface area contributed by atoms with Crippen LogP contribution in [-0.2, 0) is 4.79 Å². The molecule has 2 aromatic rings. The summed E-state index contributed by atoms with van der Waals surface area (Å²) in [5.74, 6) is -0.191. The Balaban J connectivity index is 2.45. The SMILES string of the molecule is CC(C)C(CC(=O)O)n1nnnc1-c1cc(Br)sc1Br. The number of nitrogens with zero attached hydrogens (tertiary/aromatic N) is 4. The van der Waals surface area contributed by atoms with Crippen LogP contribution in [0.3, 0.4) is 0 Å². The Bertz CT molecular complexity index is 626. The minimum atomic E-state index is -0.865. The molecule has 0 aliphatic carbocycles. The van der Waals surface area contributed by atoms with Crippen LogP contribution in [0, 0.1) is 5.92 Å². The molecule has 1 atom stereocenters. The maximum atomic E-state index is 11.0. The molecule has 0 bridgehead atoms. The Labute approximate surface area is 136 Å². The van der Waals surface area contributed by atoms with Crippen molar-refractivity contribution in [3.63, 3.8) is 0 Å². The van der Waals surface area contributed by atoms with Crippen LogP contribution in [0.15, 0.2) is 13.6 Å². The van der Waals surface area contributed by atoms with Gasteiger partial charge in [0.1, 0.15) is 0 Å². The second kappa shape index (κ2) is 6.31. The van der Waals surface area contributed by atoms with Crippen LogP contribution in [0.5, 0.6) is 0 Å². The number of rotatable bonds is 5. The number of hydrogen-bond donors (Lipinski definition) is 1. The first-order valence-corrected chi connectivity index (χ1v) is 8.25. The molecule has 9 heteroatoms. The Morgan fingerprint density at radius 2 is 2.20 bits per heavy atom. The van der Waals surface area contributed by atoms with Crippen LogP contribution >= 0.6 is 43.2 Å². The van der Waals surface area contributed by atoms with Crippen LogP contribution in [0.1, 0.15) is 26.3 Å². The Morgan fingerprint density at radius 3 is 2.70 bits per heavy atom. The molecule has 2 heterocycles. The number of thiophene rings is 1. The maximum Gasteiger partial charge on any atom is 0.305 e. The van der Waals surface area contributed by atoms with Gasteiger partial charge in [0.15, 0.2) is 5.82 Å². The molecule has 0 fully saturated rings. The summed E-state index contributed by atoms with van der Waals surface area (Å²) in [6.45, 7) is 3.91. The molecule has 0 aliphatic rings. The van der Waals surface area contributed by atoms with Gasteiger partial charge in [0.25, 0.3) is 0 Å². The van der Waals surface area contributed by atoms with Crippen molar-refractivity contribution in [2.75, 3.05) is 0 Å². The van der Waals surface area contributed by atoms with E-state index in [9.17, 15) is 4.79 Å². The van der Waals surface area contributed by atoms with Gasteiger partial charge in [-0.05, 0) is 54.3 Å². The lowest BCUT2D eigenvalue weighted by atomic mass is 10.0. The molecule has 0 aromatic carbocycles. The van der Waals surface area contributed by atoms with Gasteiger partial charge in [-0.1, -0.05) is 13.8 Å². The first-order valence-electron chi connectivity index (χ1n) is 5.85. The molecule has 0 radical (unpaired) electrons. The van der Waals surface area contributed by atoms with Crippen molar-refractivity contribution < 1.29 is 9.90 Å². The highest BCUT2D eigenvalue weighted by molar-refractivity contribution is 9.12. The molecule has 0 amide bonds. The zero-order chi connectivity index (χ0) is 14.9. The van der Waals surface area contributed by atoms with Crippen molar-refractivity contribution in [2.24, 2.45) is 5.92 Å². The van der Waals surface area contributed by atoms with E-state index in [2.05, 4.69) is 47.4 Å². The zero-order valence-corrected chi connectivity index (χ0v) is 14.7. The van der Waals surface area contributed by atoms with E-state index < -0.39 is 5.97 Å². The van der Waals surface area contributed by atoms with E-state index in [1.54, 1.807) is 4.68 Å². The van der Waals surface area contributed by atoms with Gasteiger partial charge in [0, 0.05) is 5.56 Å². The maximum absolute atomic E-state index is 11.0. The largest absolute Gasteiger partial charge is 0.481 e. The zero-order valence-electron chi connectivity index (χ0n) is 10.7. The van der Waals surface area contributed by atoms with E-state index in [1.807, 2.05) is 19.9 Å². The molecule has 2 aromatic heterocycles. The van der Waals surface area contributed by atoms with Gasteiger partial charge in [0.05, 0.1) is 20.0 Å². The molecule has 0 saturated heterocycles. The molecule has 0 spiro atoms. The highest BCUT2D eigenvalue weighted by Gasteiger charge is 2.25. The number of hydrogen-bond acceptors (Lipinski definition) is 5. The number of aliphatic carboxylic acids is 1. The lowest BCUT2D eigenvalue weighted by Crippen LogP contribution is -2.21. The summed E-state index contributed by atoms with van der Waals surface area (Å²) in [5, 5.41) is 20.8. The first kappa shape index (κ1) is 15.6. The van der Waals surface area contributed by atoms with Gasteiger partial charge >= 0.3 is 5.97 Å². The van der Waals surface area contributed by atoms with Crippen LogP contribution in [0.25, 0.3) is 11.4 Å². The number of carboxylic acids is 1. The minimum absolute atomic E-state index is 0.0152. The van der Waals surface area contributed by atoms with Crippen molar-refractivity contribution in [3.05, 3.63) is 13.6 Å². The van der Waals surface area contributed by atoms with Gasteiger partial charge in [-0.15, -0.1) is 16.4 Å². The van der Waals surface area contributed by atoms with E-state index in [0.29, 0.717) is 5.82 Å². The topological polar surface area (TPSA) is 80.9 Å². The van der Waals surface area contributed by atoms with E-state index >= 15 is 0 Å². The van der Waals surface area contributed by atoms with Gasteiger partial charge < -0.3 is 5.11 Å². The normalized spacial score (nSPS) is 12.8. The van der Waals surface area contributed by atoms with Crippen molar-refractivity contribution in [1.82, 2.24) is 20.2 Å². The average molecular weight is 424 g/mol. The average Bonchev–Trinajstić information content (AvgIpc) is 2.91. The molecular formula is C11H12Br2N4O2S. The second-order valence-corrected chi connectivity index (χ2v) is 8.34. The molecule has 1 unspecified atom stereocenters. The Kier molecular flexibility index (Phi) is 4.92. The summed E-state index contributed by atoms with van der Waals surface area (Å²) in [6, 6.07) is 1.62. The Morgan fingerprint density at radius 1 is 1.50 bits per heavy atom. The van der Waals surface area contributed by atoms with Crippen molar-refractivity contribution in [1.29, 1.82) is 0 Å². The summed E-state index contributed by atoms with van der Waals surface area (Å²) >= 11 is 8.41. The van der Waals surface area contributed by atoms with Crippen LogP contribution < -0.4 is 0 Å². The third kappa shape index (κ3) is 3.26. The molecule has 0 saturated carbocycles. The van der Waals surface area contributed by atoms with Crippen molar-refractivity contribution in [2.45, 2.75) is 26.3 Å². The van der Waals surface area contributed by atoms with E-state index in [0.717, 1.165) is 13.1 Å². The fourth-order valence-corrected chi connectivity index (χ4v) is 4.66. The fourth-order valence-electron chi connectivity index (χ4n) is 1.87. The van der Waals surface area contributed by atoms with Crippen LogP contribution in [-0.4, -0.2) is 31.3 Å². The second-order valence-electron chi connectivity index (χ2n) is 4.59. The minimum Gasteiger partial charge on any atom is -0.481 e. The third-order valence-corrected chi connectivity index (χ3v) is 5.20. The summed E-state index contributed by atoms with van der Waals surface area (Å²) in [5.41, 5.74) is 0.850. The molecule has 1 N–H and O–H groups in total. The third-order valence-electron chi connectivity index (χ3n) is 2.86. The number of halogens is 2. The summed E-state index contributed by atoms with van der Waals surface area (Å²) in [6.07, 6.45) is -0.0152. The predicted octanol–water partition coefficient (Wildman–Crippen LogP) is 3.60. The van der Waals surface area contributed by atoms with Crippen LogP contribution in [0.4, 0.5) is 0 Å². The van der Waals surface area contributed by atoms with Crippen molar-refractivity contribution >= 4 is 49.2 Å². The van der Waals surface area contributed by atoms with E-state index in [1.165, 1.54) is 11.3 Å². The number of aromatic nitrogens is 4.